The average Bonchev–Trinajstić information content (AvgIpc) is 2.80. The van der Waals surface area contributed by atoms with Crippen LogP contribution >= 0.6 is 22.6 Å². The van der Waals surface area contributed by atoms with Crippen LogP contribution in [0, 0.1) is 13.7 Å². The molecule has 19 heavy (non-hydrogen) atoms. The molecule has 6 nitrogen and oxygen atoms in total. The number of nitrogens with zero attached hydrogens (tertiary/aromatic N) is 3. The summed E-state index contributed by atoms with van der Waals surface area (Å²) in [4.78, 5) is 10.3. The van der Waals surface area contributed by atoms with Gasteiger partial charge in [0.15, 0.2) is 0 Å². The van der Waals surface area contributed by atoms with Crippen LogP contribution in [0.15, 0.2) is 30.6 Å². The maximum Gasteiger partial charge on any atom is 0.270 e. The van der Waals surface area contributed by atoms with Crippen LogP contribution in [-0.2, 0) is 0 Å². The zero-order chi connectivity index (χ0) is 14.0. The standard InChI is InChI=1S/C12H13IN4O2/c1-8(2)16-7-9(6-14-16)15-12-4-3-10(17(18)19)5-11(12)13/h3-8,15H,1-2H3. The normalized spacial score (nSPS) is 10.7. The van der Waals surface area contributed by atoms with Crippen molar-refractivity contribution < 1.29 is 4.92 Å². The van der Waals surface area contributed by atoms with E-state index in [2.05, 4.69) is 33.0 Å². The number of benzene rings is 1. The summed E-state index contributed by atoms with van der Waals surface area (Å²) in [7, 11) is 0. The van der Waals surface area contributed by atoms with Gasteiger partial charge >= 0.3 is 0 Å². The lowest BCUT2D eigenvalue weighted by Gasteiger charge is -2.06. The van der Waals surface area contributed by atoms with E-state index in [-0.39, 0.29) is 5.69 Å². The molecule has 0 spiro atoms. The van der Waals surface area contributed by atoms with E-state index in [1.807, 2.05) is 24.7 Å². The molecule has 2 aromatic rings. The van der Waals surface area contributed by atoms with Gasteiger partial charge in [-0.3, -0.25) is 14.8 Å². The van der Waals surface area contributed by atoms with E-state index in [0.717, 1.165) is 14.9 Å². The van der Waals surface area contributed by atoms with Crippen molar-refractivity contribution in [3.05, 3.63) is 44.3 Å². The highest BCUT2D eigenvalue weighted by molar-refractivity contribution is 14.1. The Balaban J connectivity index is 2.20. The number of rotatable bonds is 4. The first kappa shape index (κ1) is 13.8. The van der Waals surface area contributed by atoms with Gasteiger partial charge in [0.05, 0.1) is 22.5 Å². The van der Waals surface area contributed by atoms with Crippen LogP contribution in [0.4, 0.5) is 17.1 Å². The first-order valence-corrected chi connectivity index (χ1v) is 6.80. The zero-order valence-electron chi connectivity index (χ0n) is 10.5. The van der Waals surface area contributed by atoms with E-state index < -0.39 is 4.92 Å². The summed E-state index contributed by atoms with van der Waals surface area (Å²) in [5, 5.41) is 18.1. The van der Waals surface area contributed by atoms with Crippen molar-refractivity contribution in [3.8, 4) is 0 Å². The number of anilines is 2. The SMILES string of the molecule is CC(C)n1cc(Nc2ccc([N+](=O)[O-])cc2I)cn1. The monoisotopic (exact) mass is 372 g/mol. The van der Waals surface area contributed by atoms with Crippen molar-refractivity contribution >= 4 is 39.7 Å². The third-order valence-corrected chi connectivity index (χ3v) is 3.47. The Kier molecular flexibility index (Phi) is 4.03. The van der Waals surface area contributed by atoms with Crippen molar-refractivity contribution in [1.82, 2.24) is 9.78 Å². The predicted molar refractivity (Wildman–Crippen MR) is 81.7 cm³/mol. The molecular formula is C12H13IN4O2. The number of halogens is 1. The number of hydrogen-bond acceptors (Lipinski definition) is 4. The maximum atomic E-state index is 10.7. The third kappa shape index (κ3) is 3.22. The van der Waals surface area contributed by atoms with Crippen molar-refractivity contribution in [1.29, 1.82) is 0 Å². The minimum Gasteiger partial charge on any atom is -0.352 e. The molecule has 1 aromatic heterocycles. The van der Waals surface area contributed by atoms with Crippen LogP contribution in [0.5, 0.6) is 0 Å². The Morgan fingerprint density at radius 1 is 1.47 bits per heavy atom. The first-order chi connectivity index (χ1) is 8.97. The second kappa shape index (κ2) is 5.55. The molecule has 0 saturated carbocycles. The van der Waals surface area contributed by atoms with Gasteiger partial charge in [-0.05, 0) is 42.5 Å². The molecule has 7 heteroatoms. The van der Waals surface area contributed by atoms with Crippen LogP contribution in [0.1, 0.15) is 19.9 Å². The molecule has 1 aromatic carbocycles. The Hall–Kier alpha value is -1.64. The van der Waals surface area contributed by atoms with Gasteiger partial charge in [-0.15, -0.1) is 0 Å². The van der Waals surface area contributed by atoms with Crippen molar-refractivity contribution in [2.45, 2.75) is 19.9 Å². The van der Waals surface area contributed by atoms with Gasteiger partial charge in [-0.25, -0.2) is 0 Å². The molecule has 100 valence electrons. The summed E-state index contributed by atoms with van der Waals surface area (Å²) in [6, 6.07) is 5.02. The molecule has 0 aliphatic carbocycles. The van der Waals surface area contributed by atoms with Gasteiger partial charge in [0.1, 0.15) is 0 Å². The number of nitro benzene ring substituents is 1. The molecule has 2 rings (SSSR count). The minimum absolute atomic E-state index is 0.0906. The second-order valence-corrected chi connectivity index (χ2v) is 5.51. The fourth-order valence-electron chi connectivity index (χ4n) is 1.56. The van der Waals surface area contributed by atoms with Gasteiger partial charge in [0.25, 0.3) is 5.69 Å². The van der Waals surface area contributed by atoms with Crippen LogP contribution in [0.25, 0.3) is 0 Å². The highest BCUT2D eigenvalue weighted by Gasteiger charge is 2.10. The molecule has 1 N–H and O–H groups in total. The molecule has 0 aliphatic rings. The molecule has 0 saturated heterocycles. The van der Waals surface area contributed by atoms with E-state index >= 15 is 0 Å². The number of aromatic nitrogens is 2. The van der Waals surface area contributed by atoms with Gasteiger partial charge in [-0.1, -0.05) is 0 Å². The quantitative estimate of drug-likeness (QED) is 0.504. The van der Waals surface area contributed by atoms with Crippen LogP contribution in [0.2, 0.25) is 0 Å². The molecule has 1 heterocycles. The summed E-state index contributed by atoms with van der Waals surface area (Å²) in [5.41, 5.74) is 1.78. The molecule has 0 fully saturated rings. The summed E-state index contributed by atoms with van der Waals surface area (Å²) in [6.07, 6.45) is 3.64. The lowest BCUT2D eigenvalue weighted by atomic mass is 10.3. The summed E-state index contributed by atoms with van der Waals surface area (Å²) < 4.78 is 2.64. The van der Waals surface area contributed by atoms with Crippen molar-refractivity contribution in [2.75, 3.05) is 5.32 Å². The molecule has 0 amide bonds. The second-order valence-electron chi connectivity index (χ2n) is 4.35. The van der Waals surface area contributed by atoms with E-state index in [4.69, 9.17) is 0 Å². The summed E-state index contributed by atoms with van der Waals surface area (Å²) >= 11 is 2.07. The fourth-order valence-corrected chi connectivity index (χ4v) is 2.19. The molecule has 0 atom stereocenters. The zero-order valence-corrected chi connectivity index (χ0v) is 12.7. The molecule has 0 aliphatic heterocycles. The minimum atomic E-state index is -0.400. The summed E-state index contributed by atoms with van der Waals surface area (Å²) in [5.74, 6) is 0. The molecule has 0 radical (unpaired) electrons. The number of nitro groups is 1. The van der Waals surface area contributed by atoms with E-state index in [1.54, 1.807) is 12.3 Å². The van der Waals surface area contributed by atoms with Gasteiger partial charge in [-0.2, -0.15) is 5.10 Å². The predicted octanol–water partition coefficient (Wildman–Crippen LogP) is 3.72. The van der Waals surface area contributed by atoms with E-state index in [9.17, 15) is 10.1 Å². The maximum absolute atomic E-state index is 10.7. The van der Waals surface area contributed by atoms with Crippen LogP contribution in [-0.4, -0.2) is 14.7 Å². The fraction of sp³-hybridized carbons (Fsp3) is 0.250. The molecule has 0 bridgehead atoms. The highest BCUT2D eigenvalue weighted by Crippen LogP contribution is 2.26. The van der Waals surface area contributed by atoms with Crippen LogP contribution < -0.4 is 5.32 Å². The lowest BCUT2D eigenvalue weighted by molar-refractivity contribution is -0.384. The van der Waals surface area contributed by atoms with E-state index in [1.165, 1.54) is 12.1 Å². The highest BCUT2D eigenvalue weighted by atomic mass is 127. The number of non-ortho nitro benzene ring substituents is 1. The topological polar surface area (TPSA) is 73.0 Å². The van der Waals surface area contributed by atoms with E-state index in [0.29, 0.717) is 6.04 Å². The molecular weight excluding hydrogens is 359 g/mol. The lowest BCUT2D eigenvalue weighted by Crippen LogP contribution is -2.00. The van der Waals surface area contributed by atoms with Gasteiger partial charge in [0.2, 0.25) is 0 Å². The Morgan fingerprint density at radius 2 is 2.21 bits per heavy atom. The van der Waals surface area contributed by atoms with Gasteiger partial charge in [0, 0.05) is 27.9 Å². The summed E-state index contributed by atoms with van der Waals surface area (Å²) in [6.45, 7) is 4.10. The number of hydrogen-bond donors (Lipinski definition) is 1. The van der Waals surface area contributed by atoms with Crippen molar-refractivity contribution in [2.24, 2.45) is 0 Å². The van der Waals surface area contributed by atoms with Crippen molar-refractivity contribution in [3.63, 3.8) is 0 Å². The Morgan fingerprint density at radius 3 is 2.74 bits per heavy atom. The largest absolute Gasteiger partial charge is 0.352 e. The smallest absolute Gasteiger partial charge is 0.270 e. The van der Waals surface area contributed by atoms with Crippen LogP contribution in [0.3, 0.4) is 0 Å². The molecule has 0 unspecified atom stereocenters. The Labute approximate surface area is 124 Å². The first-order valence-electron chi connectivity index (χ1n) is 5.72. The Bertz CT molecular complexity index is 610. The van der Waals surface area contributed by atoms with Gasteiger partial charge < -0.3 is 5.32 Å². The number of nitrogens with one attached hydrogen (secondary N) is 1. The average molecular weight is 372 g/mol. The third-order valence-electron chi connectivity index (χ3n) is 2.57.